The Morgan fingerprint density at radius 3 is 2.29 bits per heavy atom. The number of rotatable bonds is 8. The number of hydrogen-bond donors (Lipinski definition) is 2. The lowest BCUT2D eigenvalue weighted by molar-refractivity contribution is 0.0598. The van der Waals surface area contributed by atoms with Crippen molar-refractivity contribution in [1.29, 1.82) is 0 Å². The number of aliphatic hydroxyl groups is 2. The van der Waals surface area contributed by atoms with Crippen LogP contribution in [0.15, 0.2) is 0 Å². The summed E-state index contributed by atoms with van der Waals surface area (Å²) < 4.78 is 0. The van der Waals surface area contributed by atoms with E-state index in [2.05, 4.69) is 30.8 Å². The molecule has 14 heavy (non-hydrogen) atoms. The Morgan fingerprint density at radius 2 is 1.86 bits per heavy atom. The fourth-order valence-corrected chi connectivity index (χ4v) is 1.34. The van der Waals surface area contributed by atoms with Crippen molar-refractivity contribution in [1.82, 2.24) is 9.80 Å². The van der Waals surface area contributed by atoms with Crippen molar-refractivity contribution >= 4 is 0 Å². The zero-order chi connectivity index (χ0) is 11.0. The van der Waals surface area contributed by atoms with Gasteiger partial charge in [0.2, 0.25) is 0 Å². The summed E-state index contributed by atoms with van der Waals surface area (Å²) in [4.78, 5) is 4.31. The molecule has 86 valence electrons. The highest BCUT2D eigenvalue weighted by Gasteiger charge is 2.08. The minimum absolute atomic E-state index is 0.149. The lowest BCUT2D eigenvalue weighted by Gasteiger charge is -2.23. The smallest absolute Gasteiger partial charge is 0.0897 e. The van der Waals surface area contributed by atoms with Crippen LogP contribution in [-0.2, 0) is 0 Å². The quantitative estimate of drug-likeness (QED) is 0.565. The van der Waals surface area contributed by atoms with E-state index in [1.54, 1.807) is 0 Å². The van der Waals surface area contributed by atoms with Gasteiger partial charge in [-0.25, -0.2) is 0 Å². The van der Waals surface area contributed by atoms with Gasteiger partial charge in [0.15, 0.2) is 0 Å². The van der Waals surface area contributed by atoms with Crippen molar-refractivity contribution in [2.75, 3.05) is 46.9 Å². The van der Waals surface area contributed by atoms with Crippen molar-refractivity contribution in [2.45, 2.75) is 19.4 Å². The normalized spacial score (nSPS) is 13.9. The lowest BCUT2D eigenvalue weighted by Crippen LogP contribution is -2.35. The summed E-state index contributed by atoms with van der Waals surface area (Å²) in [5, 5.41) is 18.0. The van der Waals surface area contributed by atoms with Crippen molar-refractivity contribution in [2.24, 2.45) is 0 Å². The minimum atomic E-state index is -0.602. The summed E-state index contributed by atoms with van der Waals surface area (Å²) in [6.45, 7) is 5.45. The minimum Gasteiger partial charge on any atom is -0.394 e. The summed E-state index contributed by atoms with van der Waals surface area (Å²) in [5.74, 6) is 0. The van der Waals surface area contributed by atoms with Crippen LogP contribution >= 0.6 is 0 Å². The molecular weight excluding hydrogens is 180 g/mol. The summed E-state index contributed by atoms with van der Waals surface area (Å²) in [6, 6.07) is 0. The van der Waals surface area contributed by atoms with E-state index in [0.717, 1.165) is 26.1 Å². The van der Waals surface area contributed by atoms with E-state index in [1.165, 1.54) is 0 Å². The van der Waals surface area contributed by atoms with E-state index >= 15 is 0 Å². The van der Waals surface area contributed by atoms with Gasteiger partial charge < -0.3 is 20.0 Å². The molecule has 0 bridgehead atoms. The van der Waals surface area contributed by atoms with E-state index in [1.807, 2.05) is 0 Å². The van der Waals surface area contributed by atoms with Gasteiger partial charge in [0, 0.05) is 6.54 Å². The van der Waals surface area contributed by atoms with E-state index in [0.29, 0.717) is 6.54 Å². The summed E-state index contributed by atoms with van der Waals surface area (Å²) in [6.07, 6.45) is 0.494. The van der Waals surface area contributed by atoms with Crippen LogP contribution in [0.3, 0.4) is 0 Å². The second-order valence-electron chi connectivity index (χ2n) is 3.89. The molecular formula is C10H24N2O2. The van der Waals surface area contributed by atoms with Gasteiger partial charge in [0.05, 0.1) is 12.7 Å². The van der Waals surface area contributed by atoms with Gasteiger partial charge in [-0.15, -0.1) is 0 Å². The van der Waals surface area contributed by atoms with Crippen LogP contribution in [-0.4, -0.2) is 73.0 Å². The molecule has 0 rings (SSSR count). The van der Waals surface area contributed by atoms with E-state index in [9.17, 15) is 5.11 Å². The highest BCUT2D eigenvalue weighted by Crippen LogP contribution is 1.95. The lowest BCUT2D eigenvalue weighted by atomic mass is 10.3. The van der Waals surface area contributed by atoms with Gasteiger partial charge in [0.1, 0.15) is 0 Å². The average Bonchev–Trinajstić information content (AvgIpc) is 2.15. The first kappa shape index (κ1) is 13.8. The van der Waals surface area contributed by atoms with Gasteiger partial charge in [-0.1, -0.05) is 6.92 Å². The molecule has 0 aliphatic rings. The van der Waals surface area contributed by atoms with Crippen molar-refractivity contribution in [3.8, 4) is 0 Å². The largest absolute Gasteiger partial charge is 0.394 e. The van der Waals surface area contributed by atoms with Crippen LogP contribution in [0.2, 0.25) is 0 Å². The van der Waals surface area contributed by atoms with Crippen LogP contribution in [0.4, 0.5) is 0 Å². The van der Waals surface area contributed by atoms with Crippen molar-refractivity contribution in [3.05, 3.63) is 0 Å². The molecule has 0 aliphatic heterocycles. The van der Waals surface area contributed by atoms with Crippen LogP contribution in [0.5, 0.6) is 0 Å². The van der Waals surface area contributed by atoms with Gasteiger partial charge >= 0.3 is 0 Å². The predicted octanol–water partition coefficient (Wildman–Crippen LogP) is -0.387. The second kappa shape index (κ2) is 8.17. The predicted molar refractivity (Wildman–Crippen MR) is 58.4 cm³/mol. The van der Waals surface area contributed by atoms with E-state index in [4.69, 9.17) is 5.11 Å². The Balaban J connectivity index is 3.57. The molecule has 0 saturated carbocycles. The third-order valence-corrected chi connectivity index (χ3v) is 2.21. The molecule has 0 amide bonds. The zero-order valence-corrected chi connectivity index (χ0v) is 9.61. The van der Waals surface area contributed by atoms with Crippen molar-refractivity contribution in [3.63, 3.8) is 0 Å². The van der Waals surface area contributed by atoms with Crippen LogP contribution in [0.25, 0.3) is 0 Å². The first-order valence-corrected chi connectivity index (χ1v) is 5.26. The SMILES string of the molecule is CCN(CCCN(C)C)CC(O)CO. The van der Waals surface area contributed by atoms with Crippen LogP contribution < -0.4 is 0 Å². The molecule has 1 unspecified atom stereocenters. The molecule has 0 aromatic heterocycles. The maximum absolute atomic E-state index is 9.27. The molecule has 0 saturated heterocycles. The molecule has 0 heterocycles. The average molecular weight is 204 g/mol. The molecule has 0 aromatic carbocycles. The maximum Gasteiger partial charge on any atom is 0.0897 e. The molecule has 0 radical (unpaired) electrons. The highest BCUT2D eigenvalue weighted by molar-refractivity contribution is 4.62. The Morgan fingerprint density at radius 1 is 1.21 bits per heavy atom. The first-order chi connectivity index (χ1) is 6.60. The number of nitrogens with zero attached hydrogens (tertiary/aromatic N) is 2. The number of likely N-dealkylation sites (N-methyl/N-ethyl adjacent to an activating group) is 1. The zero-order valence-electron chi connectivity index (χ0n) is 9.61. The molecule has 2 N–H and O–H groups in total. The van der Waals surface area contributed by atoms with E-state index < -0.39 is 6.10 Å². The molecule has 4 heteroatoms. The van der Waals surface area contributed by atoms with Gasteiger partial charge in [-0.3, -0.25) is 0 Å². The summed E-state index contributed by atoms with van der Waals surface area (Å²) in [7, 11) is 4.11. The highest BCUT2D eigenvalue weighted by atomic mass is 16.3. The molecule has 0 fully saturated rings. The van der Waals surface area contributed by atoms with E-state index in [-0.39, 0.29) is 6.61 Å². The topological polar surface area (TPSA) is 46.9 Å². The Labute approximate surface area is 87.1 Å². The third-order valence-electron chi connectivity index (χ3n) is 2.21. The number of aliphatic hydroxyl groups excluding tert-OH is 2. The van der Waals surface area contributed by atoms with Crippen molar-refractivity contribution < 1.29 is 10.2 Å². The summed E-state index contributed by atoms with van der Waals surface area (Å²) >= 11 is 0. The van der Waals surface area contributed by atoms with Crippen LogP contribution in [0, 0.1) is 0 Å². The van der Waals surface area contributed by atoms with Gasteiger partial charge in [0.25, 0.3) is 0 Å². The first-order valence-electron chi connectivity index (χ1n) is 5.26. The van der Waals surface area contributed by atoms with Crippen LogP contribution in [0.1, 0.15) is 13.3 Å². The summed E-state index contributed by atoms with van der Waals surface area (Å²) in [5.41, 5.74) is 0. The molecule has 0 spiro atoms. The fourth-order valence-electron chi connectivity index (χ4n) is 1.34. The maximum atomic E-state index is 9.27. The Kier molecular flexibility index (Phi) is 8.08. The molecule has 4 nitrogen and oxygen atoms in total. The fraction of sp³-hybridized carbons (Fsp3) is 1.00. The third kappa shape index (κ3) is 7.26. The Bertz CT molecular complexity index is 131. The number of hydrogen-bond acceptors (Lipinski definition) is 4. The molecule has 0 aliphatic carbocycles. The molecule has 0 aromatic rings. The monoisotopic (exact) mass is 204 g/mol. The standard InChI is InChI=1S/C10H24N2O2/c1-4-12(8-10(14)9-13)7-5-6-11(2)3/h10,13-14H,4-9H2,1-3H3. The Hall–Kier alpha value is -0.160. The van der Waals surface area contributed by atoms with Gasteiger partial charge in [-0.05, 0) is 40.2 Å². The molecule has 1 atom stereocenters. The second-order valence-corrected chi connectivity index (χ2v) is 3.89. The van der Waals surface area contributed by atoms with Gasteiger partial charge in [-0.2, -0.15) is 0 Å².